The first-order valence-electron chi connectivity index (χ1n) is 5.39. The minimum Gasteiger partial charge on any atom is -0.382 e. The quantitative estimate of drug-likeness (QED) is 0.452. The Kier molecular flexibility index (Phi) is 6.63. The van der Waals surface area contributed by atoms with E-state index >= 15 is 0 Å². The van der Waals surface area contributed by atoms with E-state index in [0.29, 0.717) is 32.1 Å². The van der Waals surface area contributed by atoms with Crippen LogP contribution in [0.4, 0.5) is 11.4 Å². The number of methoxy groups -OCH3 is 1. The Bertz CT molecular complexity index is 401. The summed E-state index contributed by atoms with van der Waals surface area (Å²) in [4.78, 5) is 10.4. The van der Waals surface area contributed by atoms with E-state index in [4.69, 9.17) is 9.47 Å². The van der Waals surface area contributed by atoms with Crippen molar-refractivity contribution in [2.75, 3.05) is 38.8 Å². The van der Waals surface area contributed by atoms with Crippen LogP contribution in [0, 0.1) is 10.1 Å². The second kappa shape index (κ2) is 8.02. The topological polar surface area (TPSA) is 73.6 Å². The van der Waals surface area contributed by atoms with E-state index in [1.165, 1.54) is 6.07 Å². The monoisotopic (exact) mass is 318 g/mol. The number of halogens is 1. The molecular weight excluding hydrogens is 304 g/mol. The summed E-state index contributed by atoms with van der Waals surface area (Å²) < 4.78 is 10.9. The number of hydrogen-bond donors (Lipinski definition) is 1. The molecule has 0 amide bonds. The largest absolute Gasteiger partial charge is 0.382 e. The highest BCUT2D eigenvalue weighted by atomic mass is 79.9. The Labute approximate surface area is 114 Å². The zero-order chi connectivity index (χ0) is 13.4. The third-order valence-electron chi connectivity index (χ3n) is 2.15. The maximum Gasteiger partial charge on any atom is 0.292 e. The molecule has 6 nitrogen and oxygen atoms in total. The lowest BCUT2D eigenvalue weighted by Crippen LogP contribution is -2.12. The van der Waals surface area contributed by atoms with Crippen molar-refractivity contribution in [1.29, 1.82) is 0 Å². The molecule has 0 atom stereocenters. The Morgan fingerprint density at radius 2 is 2.17 bits per heavy atom. The van der Waals surface area contributed by atoms with E-state index in [9.17, 15) is 10.1 Å². The van der Waals surface area contributed by atoms with E-state index in [-0.39, 0.29) is 5.69 Å². The second-order valence-corrected chi connectivity index (χ2v) is 4.37. The van der Waals surface area contributed by atoms with E-state index < -0.39 is 4.92 Å². The normalized spacial score (nSPS) is 10.3. The fourth-order valence-corrected chi connectivity index (χ4v) is 1.67. The molecule has 0 fully saturated rings. The maximum atomic E-state index is 10.8. The summed E-state index contributed by atoms with van der Waals surface area (Å²) in [6.45, 7) is 2.02. The highest BCUT2D eigenvalue weighted by Crippen LogP contribution is 2.27. The van der Waals surface area contributed by atoms with Crippen LogP contribution in [-0.4, -0.2) is 38.4 Å². The first-order valence-corrected chi connectivity index (χ1v) is 6.19. The van der Waals surface area contributed by atoms with Crippen molar-refractivity contribution in [2.24, 2.45) is 0 Å². The lowest BCUT2D eigenvalue weighted by molar-refractivity contribution is -0.384. The number of rotatable bonds is 8. The van der Waals surface area contributed by atoms with Crippen LogP contribution in [0.3, 0.4) is 0 Å². The molecule has 0 aromatic heterocycles. The predicted octanol–water partition coefficient (Wildman–Crippen LogP) is 2.43. The van der Waals surface area contributed by atoms with Crippen molar-refractivity contribution < 1.29 is 14.4 Å². The van der Waals surface area contributed by atoms with Gasteiger partial charge in [-0.2, -0.15) is 0 Å². The Balaban J connectivity index is 2.45. The van der Waals surface area contributed by atoms with Crippen LogP contribution < -0.4 is 5.32 Å². The van der Waals surface area contributed by atoms with Crippen molar-refractivity contribution in [3.8, 4) is 0 Å². The number of ether oxygens (including phenoxy) is 2. The van der Waals surface area contributed by atoms with Crippen molar-refractivity contribution >= 4 is 27.3 Å². The summed E-state index contributed by atoms with van der Waals surface area (Å²) in [5, 5.41) is 13.8. The number of nitro benzene ring substituents is 1. The SMILES string of the molecule is COCCOCCNc1cc(Br)ccc1[N+](=O)[O-]. The van der Waals surface area contributed by atoms with E-state index in [2.05, 4.69) is 21.2 Å². The molecule has 0 heterocycles. The minimum absolute atomic E-state index is 0.0510. The van der Waals surface area contributed by atoms with Gasteiger partial charge >= 0.3 is 0 Å². The Morgan fingerprint density at radius 3 is 2.83 bits per heavy atom. The minimum atomic E-state index is -0.416. The smallest absolute Gasteiger partial charge is 0.292 e. The van der Waals surface area contributed by atoms with Gasteiger partial charge in [-0.1, -0.05) is 15.9 Å². The molecule has 1 aromatic rings. The third-order valence-corrected chi connectivity index (χ3v) is 2.64. The Hall–Kier alpha value is -1.18. The number of hydrogen-bond acceptors (Lipinski definition) is 5. The number of benzene rings is 1. The fourth-order valence-electron chi connectivity index (χ4n) is 1.31. The molecule has 0 saturated carbocycles. The van der Waals surface area contributed by atoms with Gasteiger partial charge < -0.3 is 14.8 Å². The molecule has 0 saturated heterocycles. The van der Waals surface area contributed by atoms with Crippen LogP contribution in [0.15, 0.2) is 22.7 Å². The molecule has 1 rings (SSSR count). The molecule has 7 heteroatoms. The van der Waals surface area contributed by atoms with Crippen molar-refractivity contribution in [1.82, 2.24) is 0 Å². The fraction of sp³-hybridized carbons (Fsp3) is 0.455. The molecule has 0 bridgehead atoms. The Morgan fingerprint density at radius 1 is 1.39 bits per heavy atom. The highest BCUT2D eigenvalue weighted by molar-refractivity contribution is 9.10. The third kappa shape index (κ3) is 4.99. The summed E-state index contributed by atoms with van der Waals surface area (Å²) >= 11 is 3.28. The molecule has 18 heavy (non-hydrogen) atoms. The standard InChI is InChI=1S/C11H15BrN2O4/c1-17-6-7-18-5-4-13-10-8-9(12)2-3-11(10)14(15)16/h2-3,8,13H,4-7H2,1H3. The van der Waals surface area contributed by atoms with Crippen LogP contribution in [0.25, 0.3) is 0 Å². The van der Waals surface area contributed by atoms with E-state index in [1.807, 2.05) is 0 Å². The first-order chi connectivity index (χ1) is 8.65. The van der Waals surface area contributed by atoms with Gasteiger partial charge in [0.1, 0.15) is 5.69 Å². The van der Waals surface area contributed by atoms with Gasteiger partial charge in [0.25, 0.3) is 5.69 Å². The van der Waals surface area contributed by atoms with Gasteiger partial charge in [0.2, 0.25) is 0 Å². The summed E-state index contributed by atoms with van der Waals surface area (Å²) in [5.41, 5.74) is 0.528. The van der Waals surface area contributed by atoms with Crippen molar-refractivity contribution in [3.63, 3.8) is 0 Å². The summed E-state index contributed by atoms with van der Waals surface area (Å²) in [5.74, 6) is 0. The van der Waals surface area contributed by atoms with Crippen molar-refractivity contribution in [2.45, 2.75) is 0 Å². The molecule has 100 valence electrons. The molecule has 0 aliphatic heterocycles. The zero-order valence-corrected chi connectivity index (χ0v) is 11.6. The molecule has 1 N–H and O–H groups in total. The van der Waals surface area contributed by atoms with Gasteiger partial charge in [0.15, 0.2) is 0 Å². The van der Waals surface area contributed by atoms with Gasteiger partial charge in [-0.15, -0.1) is 0 Å². The van der Waals surface area contributed by atoms with Crippen molar-refractivity contribution in [3.05, 3.63) is 32.8 Å². The zero-order valence-electron chi connectivity index (χ0n) is 10.0. The number of anilines is 1. The lowest BCUT2D eigenvalue weighted by Gasteiger charge is -2.08. The molecule has 0 aliphatic carbocycles. The maximum absolute atomic E-state index is 10.8. The average Bonchev–Trinajstić information content (AvgIpc) is 2.33. The molecule has 0 radical (unpaired) electrons. The molecule has 0 aliphatic rings. The average molecular weight is 319 g/mol. The second-order valence-electron chi connectivity index (χ2n) is 3.45. The summed E-state index contributed by atoms with van der Waals surface area (Å²) in [6, 6.07) is 4.77. The van der Waals surface area contributed by atoms with Crippen LogP contribution in [0.2, 0.25) is 0 Å². The molecule has 1 aromatic carbocycles. The van der Waals surface area contributed by atoms with Crippen LogP contribution in [0.1, 0.15) is 0 Å². The van der Waals surface area contributed by atoms with Gasteiger partial charge in [-0.3, -0.25) is 10.1 Å². The molecular formula is C11H15BrN2O4. The van der Waals surface area contributed by atoms with Crippen LogP contribution in [0.5, 0.6) is 0 Å². The number of nitro groups is 1. The van der Waals surface area contributed by atoms with Gasteiger partial charge in [0.05, 0.1) is 24.7 Å². The molecule has 0 unspecified atom stereocenters. The number of nitrogens with zero attached hydrogens (tertiary/aromatic N) is 1. The van der Waals surface area contributed by atoms with Gasteiger partial charge in [-0.25, -0.2) is 0 Å². The van der Waals surface area contributed by atoms with E-state index in [0.717, 1.165) is 4.47 Å². The van der Waals surface area contributed by atoms with Gasteiger partial charge in [-0.05, 0) is 12.1 Å². The highest BCUT2D eigenvalue weighted by Gasteiger charge is 2.12. The summed E-state index contributed by atoms with van der Waals surface area (Å²) in [6.07, 6.45) is 0. The predicted molar refractivity (Wildman–Crippen MR) is 72.0 cm³/mol. The van der Waals surface area contributed by atoms with Crippen LogP contribution in [-0.2, 0) is 9.47 Å². The van der Waals surface area contributed by atoms with Crippen LogP contribution >= 0.6 is 15.9 Å². The lowest BCUT2D eigenvalue weighted by atomic mass is 10.2. The molecule has 0 spiro atoms. The first kappa shape index (κ1) is 14.9. The summed E-state index contributed by atoms with van der Waals surface area (Å²) in [7, 11) is 1.60. The number of nitrogens with one attached hydrogen (secondary N) is 1. The van der Waals surface area contributed by atoms with Gasteiger partial charge in [0, 0.05) is 24.2 Å². The van der Waals surface area contributed by atoms with E-state index in [1.54, 1.807) is 19.2 Å².